The molecule has 3 aromatic rings. The molecule has 0 bridgehead atoms. The van der Waals surface area contributed by atoms with Gasteiger partial charge in [-0.15, -0.1) is 0 Å². The Hall–Kier alpha value is -2.54. The Balaban J connectivity index is 2.84. The average molecular weight is 245 g/mol. The molecule has 92 valence electrons. The maximum atomic E-state index is 4.19. The summed E-state index contributed by atoms with van der Waals surface area (Å²) >= 11 is 0. The molecule has 1 aromatic heterocycles. The van der Waals surface area contributed by atoms with Crippen LogP contribution in [0.25, 0.3) is 47.0 Å². The van der Waals surface area contributed by atoms with Crippen molar-refractivity contribution in [1.82, 2.24) is 4.98 Å². The van der Waals surface area contributed by atoms with Crippen LogP contribution >= 0.6 is 0 Å². The zero-order valence-corrected chi connectivity index (χ0v) is 10.8. The second kappa shape index (κ2) is 3.99. The fourth-order valence-electron chi connectivity index (χ4n) is 2.74. The Kier molecular flexibility index (Phi) is 2.42. The Morgan fingerprint density at radius 3 is 2.47 bits per heavy atom. The number of allylic oxidation sites excluding steroid dienone is 1. The van der Waals surface area contributed by atoms with Crippen LogP contribution in [0.15, 0.2) is 37.4 Å². The molecule has 0 fully saturated rings. The maximum absolute atomic E-state index is 4.19. The minimum atomic E-state index is 0.947. The Labute approximate surface area is 111 Å². The molecule has 19 heavy (non-hydrogen) atoms. The van der Waals surface area contributed by atoms with Crippen molar-refractivity contribution in [2.24, 2.45) is 0 Å². The molecule has 0 aliphatic rings. The standard InChI is InChI=1S/C18H15N/c1-5-8-13-11(3)12(4)17-15(6-2)19-16-10-7-9-14(13)18(16)17/h5-10,19H,1-4H2/b13-8+. The van der Waals surface area contributed by atoms with Gasteiger partial charge in [0.1, 0.15) is 0 Å². The SMILES string of the molecule is C=C/C=c1\c(=C)c(=C)c2c(C=C)[nH]c3cccc1c32. The summed E-state index contributed by atoms with van der Waals surface area (Å²) in [5.74, 6) is 0. The van der Waals surface area contributed by atoms with Crippen LogP contribution in [0.2, 0.25) is 0 Å². The first-order valence-corrected chi connectivity index (χ1v) is 6.18. The van der Waals surface area contributed by atoms with Gasteiger partial charge in [-0.1, -0.05) is 50.6 Å². The lowest BCUT2D eigenvalue weighted by Crippen LogP contribution is -2.37. The molecule has 1 nitrogen and oxygen atoms in total. The third-order valence-electron chi connectivity index (χ3n) is 3.62. The summed E-state index contributed by atoms with van der Waals surface area (Å²) in [5.41, 5.74) is 2.11. The molecule has 0 unspecified atom stereocenters. The highest BCUT2D eigenvalue weighted by Gasteiger charge is 2.10. The molecule has 0 saturated carbocycles. The van der Waals surface area contributed by atoms with Crippen molar-refractivity contribution in [3.63, 3.8) is 0 Å². The number of H-pyrrole nitrogens is 1. The number of hydrogen-bond acceptors (Lipinski definition) is 0. The Bertz CT molecular complexity index is 971. The van der Waals surface area contributed by atoms with Gasteiger partial charge in [-0.25, -0.2) is 0 Å². The lowest BCUT2D eigenvalue weighted by Gasteiger charge is -2.02. The van der Waals surface area contributed by atoms with Gasteiger partial charge >= 0.3 is 0 Å². The van der Waals surface area contributed by atoms with Crippen LogP contribution in [0.1, 0.15) is 5.69 Å². The first-order chi connectivity index (χ1) is 9.19. The number of aromatic amines is 1. The summed E-state index contributed by atoms with van der Waals surface area (Å²) in [4.78, 5) is 3.39. The molecule has 0 amide bonds. The van der Waals surface area contributed by atoms with Crippen LogP contribution in [0, 0.1) is 0 Å². The number of rotatable bonds is 2. The maximum Gasteiger partial charge on any atom is 0.0471 e. The zero-order chi connectivity index (χ0) is 13.6. The quantitative estimate of drug-likeness (QED) is 0.714. The molecule has 1 heterocycles. The topological polar surface area (TPSA) is 15.8 Å². The molecule has 1 heteroatoms. The van der Waals surface area contributed by atoms with Crippen LogP contribution < -0.4 is 15.7 Å². The predicted molar refractivity (Wildman–Crippen MR) is 86.1 cm³/mol. The van der Waals surface area contributed by atoms with E-state index in [4.69, 9.17) is 0 Å². The van der Waals surface area contributed by atoms with E-state index in [2.05, 4.69) is 43.4 Å². The van der Waals surface area contributed by atoms with Gasteiger partial charge in [0, 0.05) is 22.0 Å². The third kappa shape index (κ3) is 1.42. The van der Waals surface area contributed by atoms with Crippen LogP contribution in [0.3, 0.4) is 0 Å². The molecule has 3 rings (SSSR count). The van der Waals surface area contributed by atoms with E-state index in [9.17, 15) is 0 Å². The van der Waals surface area contributed by atoms with E-state index in [1.165, 1.54) is 10.8 Å². The van der Waals surface area contributed by atoms with Gasteiger partial charge in [0.15, 0.2) is 0 Å². The summed E-state index contributed by atoms with van der Waals surface area (Å²) in [6.07, 6.45) is 5.62. The predicted octanol–water partition coefficient (Wildman–Crippen LogP) is 2.47. The zero-order valence-electron chi connectivity index (χ0n) is 10.8. The fourth-order valence-corrected chi connectivity index (χ4v) is 2.74. The molecular formula is C18H15N. The van der Waals surface area contributed by atoms with Gasteiger partial charge in [-0.2, -0.15) is 0 Å². The summed E-state index contributed by atoms with van der Waals surface area (Å²) in [7, 11) is 0. The molecule has 0 radical (unpaired) electrons. The molecule has 1 N–H and O–H groups in total. The van der Waals surface area contributed by atoms with Gasteiger partial charge in [-0.05, 0) is 33.2 Å². The summed E-state index contributed by atoms with van der Waals surface area (Å²) < 4.78 is 0. The third-order valence-corrected chi connectivity index (χ3v) is 3.62. The van der Waals surface area contributed by atoms with Gasteiger partial charge in [0.05, 0.1) is 0 Å². The highest BCUT2D eigenvalue weighted by atomic mass is 14.7. The summed E-state index contributed by atoms with van der Waals surface area (Å²) in [6, 6.07) is 6.23. The highest BCUT2D eigenvalue weighted by Crippen LogP contribution is 2.24. The van der Waals surface area contributed by atoms with Gasteiger partial charge in [0.25, 0.3) is 0 Å². The summed E-state index contributed by atoms with van der Waals surface area (Å²) in [5, 5.41) is 6.48. The second-order valence-corrected chi connectivity index (χ2v) is 4.62. The number of aromatic nitrogens is 1. The van der Waals surface area contributed by atoms with E-state index >= 15 is 0 Å². The molecule has 0 spiro atoms. The normalized spacial score (nSPS) is 12.3. The van der Waals surface area contributed by atoms with Crippen molar-refractivity contribution in [2.75, 3.05) is 0 Å². The lowest BCUT2D eigenvalue weighted by molar-refractivity contribution is 1.44. The second-order valence-electron chi connectivity index (χ2n) is 4.62. The number of nitrogens with one attached hydrogen (secondary N) is 1. The van der Waals surface area contributed by atoms with E-state index in [0.717, 1.165) is 32.3 Å². The largest absolute Gasteiger partial charge is 0.354 e. The van der Waals surface area contributed by atoms with Crippen LogP contribution in [0.4, 0.5) is 0 Å². The molecule has 0 aliphatic heterocycles. The Morgan fingerprint density at radius 2 is 1.79 bits per heavy atom. The minimum Gasteiger partial charge on any atom is -0.354 e. The highest BCUT2D eigenvalue weighted by molar-refractivity contribution is 6.12. The van der Waals surface area contributed by atoms with Gasteiger partial charge in [0.2, 0.25) is 0 Å². The molecular weight excluding hydrogens is 230 g/mol. The first-order valence-electron chi connectivity index (χ1n) is 6.18. The van der Waals surface area contributed by atoms with Crippen molar-refractivity contribution in [3.8, 4) is 0 Å². The summed E-state index contributed by atoms with van der Waals surface area (Å²) in [6.45, 7) is 16.0. The fraction of sp³-hybridized carbons (Fsp3) is 0. The number of benzene rings is 2. The van der Waals surface area contributed by atoms with E-state index in [1.54, 1.807) is 6.08 Å². The monoisotopic (exact) mass is 245 g/mol. The van der Waals surface area contributed by atoms with Crippen molar-refractivity contribution < 1.29 is 0 Å². The first kappa shape index (κ1) is 11.5. The Morgan fingerprint density at radius 1 is 1.00 bits per heavy atom. The van der Waals surface area contributed by atoms with E-state index in [1.807, 2.05) is 18.2 Å². The van der Waals surface area contributed by atoms with Crippen LogP contribution in [-0.4, -0.2) is 4.98 Å². The molecule has 0 saturated heterocycles. The van der Waals surface area contributed by atoms with E-state index in [-0.39, 0.29) is 0 Å². The van der Waals surface area contributed by atoms with E-state index < -0.39 is 0 Å². The van der Waals surface area contributed by atoms with Crippen molar-refractivity contribution in [2.45, 2.75) is 0 Å². The van der Waals surface area contributed by atoms with Crippen LogP contribution in [0.5, 0.6) is 0 Å². The smallest absolute Gasteiger partial charge is 0.0471 e. The average Bonchev–Trinajstić information content (AvgIpc) is 2.80. The van der Waals surface area contributed by atoms with E-state index in [0.29, 0.717) is 0 Å². The molecule has 0 aliphatic carbocycles. The molecule has 0 atom stereocenters. The number of hydrogen-bond donors (Lipinski definition) is 1. The van der Waals surface area contributed by atoms with Crippen molar-refractivity contribution in [3.05, 3.63) is 58.8 Å². The van der Waals surface area contributed by atoms with Crippen molar-refractivity contribution >= 4 is 47.0 Å². The lowest BCUT2D eigenvalue weighted by atomic mass is 10.00. The molecule has 2 aromatic carbocycles. The van der Waals surface area contributed by atoms with Crippen molar-refractivity contribution in [1.29, 1.82) is 0 Å². The minimum absolute atomic E-state index is 0.947. The van der Waals surface area contributed by atoms with Gasteiger partial charge < -0.3 is 4.98 Å². The van der Waals surface area contributed by atoms with Crippen LogP contribution in [-0.2, 0) is 0 Å². The van der Waals surface area contributed by atoms with Gasteiger partial charge in [-0.3, -0.25) is 0 Å².